The van der Waals surface area contributed by atoms with E-state index in [1.165, 1.54) is 14.0 Å². The van der Waals surface area contributed by atoms with E-state index in [1.807, 2.05) is 0 Å². The summed E-state index contributed by atoms with van der Waals surface area (Å²) in [6, 6.07) is 41.8. The van der Waals surface area contributed by atoms with Gasteiger partial charge in [0.15, 0.2) is 0 Å². The van der Waals surface area contributed by atoms with Crippen molar-refractivity contribution in [3.05, 3.63) is 115 Å². The Bertz CT molecular complexity index is 987. The molecule has 0 amide bonds. The fourth-order valence-corrected chi connectivity index (χ4v) is 15.8. The third kappa shape index (κ3) is 5.74. The van der Waals surface area contributed by atoms with Crippen LogP contribution in [0, 0.1) is 0 Å². The van der Waals surface area contributed by atoms with E-state index in [-0.39, 0.29) is 0 Å². The zero-order valence-corrected chi connectivity index (χ0v) is 20.0. The standard InChI is InChI=1S/C7H7O.3C6H5.BF4.Sb/c1-8-7-5-3-2-4-6-7;3*1-2-4-6-5-3-1;2-1(3,4)5;/h3-6H,1H3;3*1-5H;;/q;;;;-1;+1. The van der Waals surface area contributed by atoms with Crippen LogP contribution in [0.15, 0.2) is 115 Å². The van der Waals surface area contributed by atoms with Crippen molar-refractivity contribution >= 4 is 40.1 Å². The average Bonchev–Trinajstić information content (AvgIpc) is 2.81. The van der Waals surface area contributed by atoms with Crippen LogP contribution in [-0.2, 0) is 0 Å². The molecular formula is C25H22BF4OSb. The predicted molar refractivity (Wildman–Crippen MR) is 127 cm³/mol. The van der Waals surface area contributed by atoms with Crippen molar-refractivity contribution in [3.63, 3.8) is 0 Å². The summed E-state index contributed by atoms with van der Waals surface area (Å²) in [7, 11) is -4.28. The molecule has 0 unspecified atom stereocenters. The summed E-state index contributed by atoms with van der Waals surface area (Å²) < 4.78 is 50.2. The first-order chi connectivity index (χ1) is 15.4. The number of hydrogen-bond acceptors (Lipinski definition) is 1. The predicted octanol–water partition coefficient (Wildman–Crippen LogP) is 4.37. The maximum Gasteiger partial charge on any atom is 0.673 e. The van der Waals surface area contributed by atoms with E-state index in [0.29, 0.717) is 0 Å². The minimum Gasteiger partial charge on any atom is -0.418 e. The quantitative estimate of drug-likeness (QED) is 0.267. The Hall–Kier alpha value is -2.72. The van der Waals surface area contributed by atoms with Gasteiger partial charge in [0, 0.05) is 0 Å². The van der Waals surface area contributed by atoms with Crippen LogP contribution in [0.4, 0.5) is 17.3 Å². The van der Waals surface area contributed by atoms with Gasteiger partial charge in [-0.05, 0) is 0 Å². The van der Waals surface area contributed by atoms with Crippen LogP contribution < -0.4 is 18.8 Å². The van der Waals surface area contributed by atoms with E-state index in [1.54, 1.807) is 7.11 Å². The smallest absolute Gasteiger partial charge is 0.418 e. The van der Waals surface area contributed by atoms with Crippen molar-refractivity contribution in [2.45, 2.75) is 0 Å². The molecule has 0 aromatic heterocycles. The summed E-state index contributed by atoms with van der Waals surface area (Å²) in [5.74, 6) is 0.895. The average molecular weight is 547 g/mol. The summed E-state index contributed by atoms with van der Waals surface area (Å²) in [6.45, 7) is 0. The van der Waals surface area contributed by atoms with Gasteiger partial charge in [-0.1, -0.05) is 0 Å². The number of benzene rings is 4. The maximum absolute atomic E-state index is 9.75. The number of halogens is 4. The molecule has 0 spiro atoms. The van der Waals surface area contributed by atoms with Gasteiger partial charge in [0.05, 0.1) is 0 Å². The van der Waals surface area contributed by atoms with Crippen molar-refractivity contribution in [1.29, 1.82) is 0 Å². The largest absolute Gasteiger partial charge is 0.673 e. The molecular weight excluding hydrogens is 525 g/mol. The molecule has 0 aliphatic carbocycles. The van der Waals surface area contributed by atoms with Crippen molar-refractivity contribution in [3.8, 4) is 5.75 Å². The topological polar surface area (TPSA) is 9.23 Å². The first-order valence-electron chi connectivity index (χ1n) is 9.93. The molecule has 0 N–H and O–H groups in total. The van der Waals surface area contributed by atoms with E-state index in [9.17, 15) is 17.3 Å². The van der Waals surface area contributed by atoms with E-state index in [0.717, 1.165) is 5.75 Å². The van der Waals surface area contributed by atoms with Crippen LogP contribution in [0.1, 0.15) is 0 Å². The van der Waals surface area contributed by atoms with Gasteiger partial charge >= 0.3 is 173 Å². The second kappa shape index (κ2) is 10.7. The third-order valence-corrected chi connectivity index (χ3v) is 17.1. The second-order valence-corrected chi connectivity index (χ2v) is 16.6. The number of methoxy groups -OCH3 is 1. The molecule has 0 radical (unpaired) electrons. The first kappa shape index (κ1) is 23.9. The molecule has 0 atom stereocenters. The van der Waals surface area contributed by atoms with Gasteiger partial charge < -0.3 is 17.3 Å². The van der Waals surface area contributed by atoms with Gasteiger partial charge in [-0.2, -0.15) is 0 Å². The van der Waals surface area contributed by atoms with Gasteiger partial charge in [0.1, 0.15) is 0 Å². The summed E-state index contributed by atoms with van der Waals surface area (Å²) in [5.41, 5.74) is 0. The third-order valence-electron chi connectivity index (χ3n) is 4.89. The molecule has 0 bridgehead atoms. The van der Waals surface area contributed by atoms with Gasteiger partial charge in [-0.25, -0.2) is 0 Å². The van der Waals surface area contributed by atoms with Crippen LogP contribution in [-0.4, -0.2) is 33.2 Å². The van der Waals surface area contributed by atoms with Crippen molar-refractivity contribution in [2.24, 2.45) is 0 Å². The summed E-state index contributed by atoms with van der Waals surface area (Å²) in [4.78, 5) is 0. The van der Waals surface area contributed by atoms with Gasteiger partial charge in [-0.3, -0.25) is 0 Å². The zero-order chi connectivity index (χ0) is 23.0. The Morgan fingerprint density at radius 3 is 1.06 bits per heavy atom. The Kier molecular flexibility index (Phi) is 8.03. The fraction of sp³-hybridized carbons (Fsp3) is 0.0400. The monoisotopic (exact) mass is 546 g/mol. The van der Waals surface area contributed by atoms with Crippen molar-refractivity contribution in [1.82, 2.24) is 0 Å². The maximum atomic E-state index is 9.75. The number of rotatable bonds is 5. The number of ether oxygens (including phenoxy) is 1. The minimum atomic E-state index is -6.00. The molecule has 4 aromatic rings. The summed E-state index contributed by atoms with van der Waals surface area (Å²) in [5, 5.41) is 0. The molecule has 0 aliphatic rings. The molecule has 0 saturated carbocycles. The van der Waals surface area contributed by atoms with E-state index in [2.05, 4.69) is 115 Å². The molecule has 0 saturated heterocycles. The van der Waals surface area contributed by atoms with Crippen LogP contribution in [0.2, 0.25) is 0 Å². The van der Waals surface area contributed by atoms with E-state index < -0.39 is 26.1 Å². The van der Waals surface area contributed by atoms with Crippen LogP contribution in [0.5, 0.6) is 5.75 Å². The van der Waals surface area contributed by atoms with Crippen LogP contribution >= 0.6 is 0 Å². The Balaban J connectivity index is 0.000000523. The Morgan fingerprint density at radius 2 is 0.781 bits per heavy atom. The first-order valence-corrected chi connectivity index (χ1v) is 15.0. The molecule has 0 aliphatic heterocycles. The van der Waals surface area contributed by atoms with Crippen LogP contribution in [0.25, 0.3) is 0 Å². The summed E-state index contributed by atoms with van der Waals surface area (Å²) >= 11 is -3.27. The normalized spacial score (nSPS) is 11.3. The van der Waals surface area contributed by atoms with Crippen molar-refractivity contribution in [2.75, 3.05) is 7.11 Å². The molecule has 32 heavy (non-hydrogen) atoms. The van der Waals surface area contributed by atoms with Gasteiger partial charge in [0.25, 0.3) is 0 Å². The van der Waals surface area contributed by atoms with E-state index in [4.69, 9.17) is 4.74 Å². The minimum absolute atomic E-state index is 0.895. The number of hydrogen-bond donors (Lipinski definition) is 0. The Labute approximate surface area is 189 Å². The van der Waals surface area contributed by atoms with Crippen LogP contribution in [0.3, 0.4) is 0 Å². The van der Waals surface area contributed by atoms with Gasteiger partial charge in [0.2, 0.25) is 0 Å². The zero-order valence-electron chi connectivity index (χ0n) is 17.4. The fourth-order valence-electron chi connectivity index (χ4n) is 3.66. The Morgan fingerprint density at radius 1 is 0.500 bits per heavy atom. The molecule has 0 heterocycles. The van der Waals surface area contributed by atoms with E-state index >= 15 is 0 Å². The SMILES string of the molecule is COc1cc[c]([Sb+]([c]2ccccc2)([c]2ccccc2)[c]2ccccc2)cc1.F[B-](F)(F)F. The second-order valence-electron chi connectivity index (χ2n) is 6.87. The molecule has 7 heteroatoms. The molecule has 164 valence electrons. The molecule has 1 nitrogen and oxygen atoms in total. The molecule has 4 aromatic carbocycles. The van der Waals surface area contributed by atoms with Gasteiger partial charge in [-0.15, -0.1) is 0 Å². The van der Waals surface area contributed by atoms with Crippen molar-refractivity contribution < 1.29 is 22.0 Å². The molecule has 0 fully saturated rings. The summed E-state index contributed by atoms with van der Waals surface area (Å²) in [6.07, 6.45) is 0. The molecule has 4 rings (SSSR count).